The van der Waals surface area contributed by atoms with Crippen LogP contribution in [0.1, 0.15) is 39.0 Å². The van der Waals surface area contributed by atoms with Crippen molar-refractivity contribution in [3.63, 3.8) is 0 Å². The number of esters is 1. The molecule has 2 aliphatic carbocycles. The molecule has 4 heteroatoms. The summed E-state index contributed by atoms with van der Waals surface area (Å²) in [5.41, 5.74) is -0.441. The molecule has 0 radical (unpaired) electrons. The van der Waals surface area contributed by atoms with Crippen LogP contribution >= 0.6 is 0 Å². The van der Waals surface area contributed by atoms with Crippen LogP contribution in [0, 0.1) is 0 Å². The zero-order chi connectivity index (χ0) is 12.5. The van der Waals surface area contributed by atoms with Gasteiger partial charge < -0.3 is 15.0 Å². The maximum absolute atomic E-state index is 12.0. The molecule has 4 nitrogen and oxygen atoms in total. The summed E-state index contributed by atoms with van der Waals surface area (Å²) in [4.78, 5) is 14.5. The third-order valence-corrected chi connectivity index (χ3v) is 4.33. The molecule has 2 rings (SSSR count). The highest BCUT2D eigenvalue weighted by atomic mass is 16.5. The van der Waals surface area contributed by atoms with E-state index >= 15 is 0 Å². The summed E-state index contributed by atoms with van der Waals surface area (Å²) in [7, 11) is 4.07. The first kappa shape index (κ1) is 12.8. The lowest BCUT2D eigenvalue weighted by Crippen LogP contribution is -2.50. The van der Waals surface area contributed by atoms with E-state index in [1.54, 1.807) is 0 Å². The Balaban J connectivity index is 1.98. The van der Waals surface area contributed by atoms with Crippen molar-refractivity contribution in [1.29, 1.82) is 0 Å². The molecule has 0 amide bonds. The van der Waals surface area contributed by atoms with Crippen molar-refractivity contribution in [1.82, 2.24) is 10.2 Å². The third-order valence-electron chi connectivity index (χ3n) is 4.33. The molecule has 2 atom stereocenters. The van der Waals surface area contributed by atoms with Gasteiger partial charge in [-0.05, 0) is 53.1 Å². The fraction of sp³-hybridized carbons (Fsp3) is 0.923. The third kappa shape index (κ3) is 2.47. The van der Waals surface area contributed by atoms with Gasteiger partial charge in [0.15, 0.2) is 0 Å². The highest BCUT2D eigenvalue weighted by Crippen LogP contribution is 2.38. The average Bonchev–Trinajstić information content (AvgIpc) is 3.08. The summed E-state index contributed by atoms with van der Waals surface area (Å²) in [6.45, 7) is 2.33. The van der Waals surface area contributed by atoms with E-state index in [-0.39, 0.29) is 5.97 Å². The number of nitrogens with one attached hydrogen (secondary N) is 1. The van der Waals surface area contributed by atoms with Crippen molar-refractivity contribution in [2.75, 3.05) is 20.7 Å². The SMILES string of the molecule is CCOC(=O)C1(NC)CCC(N(C)C2CC2)C1. The van der Waals surface area contributed by atoms with Gasteiger partial charge >= 0.3 is 5.97 Å². The molecular weight excluding hydrogens is 216 g/mol. The second-order valence-corrected chi connectivity index (χ2v) is 5.35. The van der Waals surface area contributed by atoms with Gasteiger partial charge in [0.2, 0.25) is 0 Å². The average molecular weight is 240 g/mol. The summed E-state index contributed by atoms with van der Waals surface area (Å²) in [5, 5.41) is 3.20. The van der Waals surface area contributed by atoms with Crippen LogP contribution in [-0.2, 0) is 9.53 Å². The van der Waals surface area contributed by atoms with Gasteiger partial charge in [0, 0.05) is 12.1 Å². The molecule has 2 saturated carbocycles. The summed E-state index contributed by atoms with van der Waals surface area (Å²) >= 11 is 0. The van der Waals surface area contributed by atoms with Crippen molar-refractivity contribution in [2.24, 2.45) is 0 Å². The highest BCUT2D eigenvalue weighted by Gasteiger charge is 2.48. The van der Waals surface area contributed by atoms with Crippen LogP contribution in [0.3, 0.4) is 0 Å². The Morgan fingerprint density at radius 1 is 1.41 bits per heavy atom. The van der Waals surface area contributed by atoms with Crippen molar-refractivity contribution in [2.45, 2.75) is 56.7 Å². The zero-order valence-electron chi connectivity index (χ0n) is 11.2. The van der Waals surface area contributed by atoms with Crippen LogP contribution in [-0.4, -0.2) is 49.2 Å². The van der Waals surface area contributed by atoms with Crippen LogP contribution in [0.15, 0.2) is 0 Å². The van der Waals surface area contributed by atoms with Crippen molar-refractivity contribution in [3.8, 4) is 0 Å². The quantitative estimate of drug-likeness (QED) is 0.732. The van der Waals surface area contributed by atoms with Crippen LogP contribution in [0.4, 0.5) is 0 Å². The Labute approximate surface area is 104 Å². The molecule has 2 fully saturated rings. The monoisotopic (exact) mass is 240 g/mol. The van der Waals surface area contributed by atoms with E-state index in [2.05, 4.69) is 17.3 Å². The smallest absolute Gasteiger partial charge is 0.326 e. The number of hydrogen-bond donors (Lipinski definition) is 1. The standard InChI is InChI=1S/C13H24N2O2/c1-4-17-12(16)13(14-2)8-7-11(9-13)15(3)10-5-6-10/h10-11,14H,4-9H2,1-3H3. The molecule has 0 aromatic carbocycles. The molecule has 0 aromatic rings. The highest BCUT2D eigenvalue weighted by molar-refractivity contribution is 5.81. The number of carbonyl (C=O) groups is 1. The summed E-state index contributed by atoms with van der Waals surface area (Å²) < 4.78 is 5.20. The van der Waals surface area contributed by atoms with E-state index in [4.69, 9.17) is 4.74 Å². The lowest BCUT2D eigenvalue weighted by Gasteiger charge is -2.29. The lowest BCUT2D eigenvalue weighted by molar-refractivity contribution is -0.151. The minimum absolute atomic E-state index is 0.0748. The topological polar surface area (TPSA) is 41.6 Å². The molecule has 2 unspecified atom stereocenters. The molecule has 0 aliphatic heterocycles. The summed E-state index contributed by atoms with van der Waals surface area (Å²) in [6, 6.07) is 1.29. The predicted molar refractivity (Wildman–Crippen MR) is 66.8 cm³/mol. The lowest BCUT2D eigenvalue weighted by atomic mass is 9.97. The molecule has 0 bridgehead atoms. The van der Waals surface area contributed by atoms with Gasteiger partial charge in [0.25, 0.3) is 0 Å². The predicted octanol–water partition coefficient (Wildman–Crippen LogP) is 1.15. The van der Waals surface area contributed by atoms with E-state index in [1.165, 1.54) is 12.8 Å². The molecule has 17 heavy (non-hydrogen) atoms. The van der Waals surface area contributed by atoms with Gasteiger partial charge in [-0.15, -0.1) is 0 Å². The fourth-order valence-corrected chi connectivity index (χ4v) is 2.93. The maximum Gasteiger partial charge on any atom is 0.326 e. The molecule has 1 N–H and O–H groups in total. The Morgan fingerprint density at radius 3 is 2.65 bits per heavy atom. The number of nitrogens with zero attached hydrogens (tertiary/aromatic N) is 1. The number of ether oxygens (including phenoxy) is 1. The molecule has 98 valence electrons. The fourth-order valence-electron chi connectivity index (χ4n) is 2.93. The largest absolute Gasteiger partial charge is 0.465 e. The van der Waals surface area contributed by atoms with Gasteiger partial charge in [0.05, 0.1) is 6.61 Å². The van der Waals surface area contributed by atoms with Gasteiger partial charge in [-0.1, -0.05) is 0 Å². The van der Waals surface area contributed by atoms with E-state index in [1.807, 2.05) is 14.0 Å². The maximum atomic E-state index is 12.0. The molecule has 0 saturated heterocycles. The number of rotatable bonds is 5. The Bertz CT molecular complexity index is 291. The molecule has 2 aliphatic rings. The first-order valence-electron chi connectivity index (χ1n) is 6.71. The van der Waals surface area contributed by atoms with Gasteiger partial charge in [-0.25, -0.2) is 0 Å². The van der Waals surface area contributed by atoms with Crippen LogP contribution < -0.4 is 5.32 Å². The van der Waals surface area contributed by atoms with Crippen molar-refractivity contribution >= 4 is 5.97 Å². The molecule has 0 heterocycles. The number of likely N-dealkylation sites (N-methyl/N-ethyl adjacent to an activating group) is 1. The van der Waals surface area contributed by atoms with E-state index in [0.29, 0.717) is 12.6 Å². The first-order chi connectivity index (χ1) is 8.13. The van der Waals surface area contributed by atoms with Gasteiger partial charge in [0.1, 0.15) is 5.54 Å². The van der Waals surface area contributed by atoms with E-state index < -0.39 is 5.54 Å². The summed E-state index contributed by atoms with van der Waals surface area (Å²) in [6.07, 6.45) is 5.50. The minimum Gasteiger partial charge on any atom is -0.465 e. The van der Waals surface area contributed by atoms with E-state index in [9.17, 15) is 4.79 Å². The second-order valence-electron chi connectivity index (χ2n) is 5.35. The normalized spacial score (nSPS) is 33.1. The number of carbonyl (C=O) groups excluding carboxylic acids is 1. The minimum atomic E-state index is -0.441. The Kier molecular flexibility index (Phi) is 3.73. The Morgan fingerprint density at radius 2 is 2.12 bits per heavy atom. The van der Waals surface area contributed by atoms with Crippen molar-refractivity contribution in [3.05, 3.63) is 0 Å². The van der Waals surface area contributed by atoms with E-state index in [0.717, 1.165) is 25.3 Å². The molecule has 0 aromatic heterocycles. The van der Waals surface area contributed by atoms with Crippen LogP contribution in [0.25, 0.3) is 0 Å². The summed E-state index contributed by atoms with van der Waals surface area (Å²) in [5.74, 6) is -0.0748. The second kappa shape index (κ2) is 4.94. The van der Waals surface area contributed by atoms with Crippen LogP contribution in [0.5, 0.6) is 0 Å². The Hall–Kier alpha value is -0.610. The molecule has 0 spiro atoms. The van der Waals surface area contributed by atoms with Crippen molar-refractivity contribution < 1.29 is 9.53 Å². The number of hydrogen-bond acceptors (Lipinski definition) is 4. The zero-order valence-corrected chi connectivity index (χ0v) is 11.2. The first-order valence-corrected chi connectivity index (χ1v) is 6.71. The molecular formula is C13H24N2O2. The van der Waals surface area contributed by atoms with Gasteiger partial charge in [-0.2, -0.15) is 0 Å². The van der Waals surface area contributed by atoms with Gasteiger partial charge in [-0.3, -0.25) is 4.79 Å². The van der Waals surface area contributed by atoms with Crippen LogP contribution in [0.2, 0.25) is 0 Å².